The van der Waals surface area contributed by atoms with Gasteiger partial charge >= 0.3 is 0 Å². The maximum absolute atomic E-state index is 13.2. The van der Waals surface area contributed by atoms with Crippen molar-refractivity contribution in [1.29, 1.82) is 0 Å². The molecule has 0 saturated carbocycles. The number of hydrogen-bond acceptors (Lipinski definition) is 5. The molecule has 0 radical (unpaired) electrons. The zero-order chi connectivity index (χ0) is 22.6. The zero-order valence-corrected chi connectivity index (χ0v) is 19.2. The predicted molar refractivity (Wildman–Crippen MR) is 119 cm³/mol. The third kappa shape index (κ3) is 4.35. The summed E-state index contributed by atoms with van der Waals surface area (Å²) in [6, 6.07) is 11.0. The first kappa shape index (κ1) is 21.5. The highest BCUT2D eigenvalue weighted by Gasteiger charge is 2.39. The third-order valence-corrected chi connectivity index (χ3v) is 6.77. The fourth-order valence-electron chi connectivity index (χ4n) is 4.16. The maximum Gasteiger partial charge on any atom is 0.263 e. The molecule has 8 heteroatoms. The number of carbonyl (C=O) groups excluding carboxylic acids is 1. The minimum absolute atomic E-state index is 0.0749. The summed E-state index contributed by atoms with van der Waals surface area (Å²) in [5.74, 6) is 0.782. The molecule has 0 fully saturated rings. The normalized spacial score (nSPS) is 21.9. The molecule has 2 atom stereocenters. The summed E-state index contributed by atoms with van der Waals surface area (Å²) in [5.41, 5.74) is 2.91. The molecular formula is C23H28N2O5S. The summed E-state index contributed by atoms with van der Waals surface area (Å²) >= 11 is 0. The van der Waals surface area contributed by atoms with Crippen LogP contribution in [0.4, 0.5) is 5.69 Å². The van der Waals surface area contributed by atoms with Crippen molar-refractivity contribution in [2.24, 2.45) is 0 Å². The fourth-order valence-corrected chi connectivity index (χ4v) is 5.07. The van der Waals surface area contributed by atoms with Gasteiger partial charge in [0.2, 0.25) is 10.0 Å². The number of fused-ring (bicyclic) bond motifs is 2. The van der Waals surface area contributed by atoms with Gasteiger partial charge in [0.15, 0.2) is 6.10 Å². The lowest BCUT2D eigenvalue weighted by atomic mass is 9.89. The van der Waals surface area contributed by atoms with Crippen LogP contribution in [0.2, 0.25) is 0 Å². The van der Waals surface area contributed by atoms with Crippen LogP contribution in [0.5, 0.6) is 11.5 Å². The van der Waals surface area contributed by atoms with Gasteiger partial charge in [-0.15, -0.1) is 0 Å². The molecule has 31 heavy (non-hydrogen) atoms. The van der Waals surface area contributed by atoms with Crippen LogP contribution in [-0.4, -0.2) is 38.8 Å². The summed E-state index contributed by atoms with van der Waals surface area (Å²) in [6.07, 6.45) is 0.774. The van der Waals surface area contributed by atoms with Crippen molar-refractivity contribution >= 4 is 21.6 Å². The Morgan fingerprint density at radius 1 is 1.10 bits per heavy atom. The molecule has 0 aromatic heterocycles. The molecule has 0 bridgehead atoms. The Bertz CT molecular complexity index is 1140. The van der Waals surface area contributed by atoms with Crippen molar-refractivity contribution < 1.29 is 22.7 Å². The molecule has 2 aromatic rings. The van der Waals surface area contributed by atoms with Crippen molar-refractivity contribution in [3.8, 4) is 11.5 Å². The Morgan fingerprint density at radius 2 is 1.77 bits per heavy atom. The van der Waals surface area contributed by atoms with Crippen molar-refractivity contribution in [3.05, 3.63) is 53.1 Å². The number of anilines is 1. The van der Waals surface area contributed by atoms with Crippen LogP contribution in [0.1, 0.15) is 43.0 Å². The van der Waals surface area contributed by atoms with E-state index in [4.69, 9.17) is 9.47 Å². The van der Waals surface area contributed by atoms with Crippen LogP contribution in [-0.2, 0) is 14.8 Å². The largest absolute Gasteiger partial charge is 0.487 e. The van der Waals surface area contributed by atoms with Crippen molar-refractivity contribution in [2.45, 2.75) is 51.9 Å². The van der Waals surface area contributed by atoms with Gasteiger partial charge in [-0.2, -0.15) is 0 Å². The van der Waals surface area contributed by atoms with E-state index in [2.05, 4.69) is 5.32 Å². The first-order valence-electron chi connectivity index (χ1n) is 10.3. The second-order valence-corrected chi connectivity index (χ2v) is 10.9. The topological polar surface area (TPSA) is 84.9 Å². The summed E-state index contributed by atoms with van der Waals surface area (Å²) in [5, 5.41) is 3.07. The van der Waals surface area contributed by atoms with Crippen LogP contribution in [0, 0.1) is 13.8 Å². The van der Waals surface area contributed by atoms with Crippen molar-refractivity contribution in [1.82, 2.24) is 5.32 Å². The molecule has 1 N–H and O–H groups in total. The van der Waals surface area contributed by atoms with E-state index >= 15 is 0 Å². The quantitative estimate of drug-likeness (QED) is 0.786. The molecule has 1 amide bonds. The minimum Gasteiger partial charge on any atom is -0.487 e. The fraction of sp³-hybridized carbons (Fsp3) is 0.435. The molecule has 2 aliphatic rings. The smallest absolute Gasteiger partial charge is 0.263 e. The molecule has 0 saturated heterocycles. The van der Waals surface area contributed by atoms with Gasteiger partial charge in [0.05, 0.1) is 24.5 Å². The Kier molecular flexibility index (Phi) is 5.16. The van der Waals surface area contributed by atoms with Gasteiger partial charge in [0.25, 0.3) is 5.91 Å². The lowest BCUT2D eigenvalue weighted by Gasteiger charge is -2.39. The van der Waals surface area contributed by atoms with E-state index in [0.717, 1.165) is 28.7 Å². The number of benzene rings is 2. The molecule has 2 aliphatic heterocycles. The number of aryl methyl sites for hydroxylation is 2. The summed E-state index contributed by atoms with van der Waals surface area (Å²) < 4.78 is 38.1. The summed E-state index contributed by atoms with van der Waals surface area (Å²) in [7, 11) is -3.57. The molecule has 0 aliphatic carbocycles. The van der Waals surface area contributed by atoms with E-state index < -0.39 is 21.7 Å². The average molecular weight is 445 g/mol. The number of sulfonamides is 1. The Morgan fingerprint density at radius 3 is 2.48 bits per heavy atom. The lowest BCUT2D eigenvalue weighted by Crippen LogP contribution is -2.52. The van der Waals surface area contributed by atoms with Crippen LogP contribution in [0.3, 0.4) is 0 Å². The van der Waals surface area contributed by atoms with Gasteiger partial charge in [0.1, 0.15) is 17.1 Å². The molecular weight excluding hydrogens is 416 g/mol. The number of ether oxygens (including phenoxy) is 2. The van der Waals surface area contributed by atoms with E-state index in [1.165, 1.54) is 4.31 Å². The van der Waals surface area contributed by atoms with Gasteiger partial charge < -0.3 is 14.8 Å². The van der Waals surface area contributed by atoms with E-state index in [-0.39, 0.29) is 18.5 Å². The number of hydrogen-bond donors (Lipinski definition) is 1. The molecule has 2 aromatic carbocycles. The minimum atomic E-state index is -3.57. The van der Waals surface area contributed by atoms with Gasteiger partial charge in [-0.3, -0.25) is 9.10 Å². The van der Waals surface area contributed by atoms with Crippen LogP contribution < -0.4 is 19.1 Å². The molecule has 2 heterocycles. The second kappa shape index (κ2) is 7.44. The zero-order valence-electron chi connectivity index (χ0n) is 18.4. The molecule has 166 valence electrons. The van der Waals surface area contributed by atoms with E-state index in [0.29, 0.717) is 17.9 Å². The summed E-state index contributed by atoms with van der Waals surface area (Å²) in [4.78, 5) is 13.2. The molecule has 0 spiro atoms. The average Bonchev–Trinajstić information content (AvgIpc) is 2.65. The van der Waals surface area contributed by atoms with Gasteiger partial charge in [-0.05, 0) is 57.0 Å². The number of rotatable bonds is 3. The van der Waals surface area contributed by atoms with E-state index in [1.54, 1.807) is 12.1 Å². The standard InChI is InChI=1S/C23H28N2O5S/c1-14-7-9-19-18(10-14)25(31(5,27)28)13-21(29-19)22(26)24-17-12-23(3,4)30-20-11-15(2)6-8-16(17)20/h6-11,17,21H,12-13H2,1-5H3,(H,24,26)/t17-,21+/m0/s1. The highest BCUT2D eigenvalue weighted by molar-refractivity contribution is 7.92. The van der Waals surface area contributed by atoms with Gasteiger partial charge in [-0.25, -0.2) is 8.42 Å². The number of nitrogens with one attached hydrogen (secondary N) is 1. The Balaban J connectivity index is 1.61. The number of amides is 1. The monoisotopic (exact) mass is 444 g/mol. The van der Waals surface area contributed by atoms with Gasteiger partial charge in [0, 0.05) is 12.0 Å². The molecule has 4 rings (SSSR count). The predicted octanol–water partition coefficient (Wildman–Crippen LogP) is 3.25. The first-order chi connectivity index (χ1) is 14.4. The van der Waals surface area contributed by atoms with Crippen molar-refractivity contribution in [2.75, 3.05) is 17.1 Å². The van der Waals surface area contributed by atoms with Crippen LogP contribution >= 0.6 is 0 Å². The Hall–Kier alpha value is -2.74. The highest BCUT2D eigenvalue weighted by atomic mass is 32.2. The van der Waals surface area contributed by atoms with E-state index in [9.17, 15) is 13.2 Å². The molecule has 7 nitrogen and oxygen atoms in total. The van der Waals surface area contributed by atoms with Crippen LogP contribution in [0.15, 0.2) is 36.4 Å². The third-order valence-electron chi connectivity index (χ3n) is 5.62. The second-order valence-electron chi connectivity index (χ2n) is 9.04. The number of carbonyl (C=O) groups is 1. The van der Waals surface area contributed by atoms with Gasteiger partial charge in [-0.1, -0.05) is 18.2 Å². The SMILES string of the molecule is Cc1ccc2c(c1)OC(C)(C)C[C@@H]2NC(=O)[C@H]1CN(S(C)(=O)=O)c2cc(C)ccc2O1. The van der Waals surface area contributed by atoms with Crippen molar-refractivity contribution in [3.63, 3.8) is 0 Å². The first-order valence-corrected chi connectivity index (χ1v) is 12.1. The number of nitrogens with zero attached hydrogens (tertiary/aromatic N) is 1. The Labute approximate surface area is 183 Å². The lowest BCUT2D eigenvalue weighted by molar-refractivity contribution is -0.129. The van der Waals surface area contributed by atoms with E-state index in [1.807, 2.05) is 52.0 Å². The highest BCUT2D eigenvalue weighted by Crippen LogP contribution is 2.40. The summed E-state index contributed by atoms with van der Waals surface area (Å²) in [6.45, 7) is 7.77. The molecule has 0 unspecified atom stereocenters. The van der Waals surface area contributed by atoms with Crippen LogP contribution in [0.25, 0.3) is 0 Å². The maximum atomic E-state index is 13.2.